The summed E-state index contributed by atoms with van der Waals surface area (Å²) in [7, 11) is -3.94. The van der Waals surface area contributed by atoms with Gasteiger partial charge in [0, 0.05) is 6.04 Å². The molecular formula is C16H14F3NO5S. The highest BCUT2D eigenvalue weighted by atomic mass is 32.2. The summed E-state index contributed by atoms with van der Waals surface area (Å²) in [4.78, 5) is -0.181. The van der Waals surface area contributed by atoms with Crippen molar-refractivity contribution in [2.24, 2.45) is 0 Å². The molecule has 0 saturated carbocycles. The number of sulfonamides is 1. The fourth-order valence-electron chi connectivity index (χ4n) is 2.37. The fourth-order valence-corrected chi connectivity index (χ4v) is 3.60. The smallest absolute Gasteiger partial charge is 0.454 e. The van der Waals surface area contributed by atoms with Crippen molar-refractivity contribution < 1.29 is 35.8 Å². The van der Waals surface area contributed by atoms with Crippen molar-refractivity contribution in [3.63, 3.8) is 0 Å². The number of hydrogen-bond donors (Lipinski definition) is 1. The molecular weight excluding hydrogens is 375 g/mol. The molecule has 0 fully saturated rings. The van der Waals surface area contributed by atoms with Crippen molar-refractivity contribution in [1.82, 2.24) is 4.72 Å². The second kappa shape index (κ2) is 6.69. The molecule has 0 unspecified atom stereocenters. The molecule has 10 heteroatoms. The van der Waals surface area contributed by atoms with Crippen LogP contribution in [0.25, 0.3) is 0 Å². The summed E-state index contributed by atoms with van der Waals surface area (Å²) < 4.78 is 77.9. The number of rotatable bonds is 5. The van der Waals surface area contributed by atoms with E-state index in [2.05, 4.69) is 9.46 Å². The lowest BCUT2D eigenvalue weighted by Crippen LogP contribution is -2.27. The van der Waals surface area contributed by atoms with Crippen LogP contribution in [0.2, 0.25) is 0 Å². The van der Waals surface area contributed by atoms with Gasteiger partial charge in [0.2, 0.25) is 16.8 Å². The van der Waals surface area contributed by atoms with Gasteiger partial charge in [0.1, 0.15) is 5.75 Å². The molecule has 26 heavy (non-hydrogen) atoms. The Balaban J connectivity index is 1.74. The molecule has 2 aromatic carbocycles. The zero-order valence-electron chi connectivity index (χ0n) is 13.4. The van der Waals surface area contributed by atoms with Gasteiger partial charge in [-0.25, -0.2) is 13.1 Å². The van der Waals surface area contributed by atoms with Crippen LogP contribution in [0.1, 0.15) is 18.5 Å². The van der Waals surface area contributed by atoms with Gasteiger partial charge in [-0.1, -0.05) is 6.07 Å². The normalized spacial score (nSPS) is 14.9. The molecule has 0 spiro atoms. The van der Waals surface area contributed by atoms with Crippen LogP contribution in [-0.4, -0.2) is 21.6 Å². The molecule has 0 aromatic heterocycles. The maximum absolute atomic E-state index is 12.4. The van der Waals surface area contributed by atoms with Gasteiger partial charge in [0.05, 0.1) is 4.90 Å². The van der Waals surface area contributed by atoms with Crippen molar-refractivity contribution >= 4 is 10.0 Å². The molecule has 0 amide bonds. The SMILES string of the molecule is C[C@H](NS(=O)(=O)c1ccc(OC(F)(F)F)cc1)c1ccc2c(c1)OCO2. The Labute approximate surface area is 147 Å². The van der Waals surface area contributed by atoms with E-state index < -0.39 is 28.2 Å². The summed E-state index contributed by atoms with van der Waals surface area (Å²) in [5.41, 5.74) is 0.648. The van der Waals surface area contributed by atoms with Gasteiger partial charge in [-0.05, 0) is 48.9 Å². The van der Waals surface area contributed by atoms with E-state index in [1.54, 1.807) is 25.1 Å². The minimum atomic E-state index is -4.84. The average molecular weight is 389 g/mol. The second-order valence-electron chi connectivity index (χ2n) is 5.47. The number of halogens is 3. The van der Waals surface area contributed by atoms with E-state index >= 15 is 0 Å². The lowest BCUT2D eigenvalue weighted by Gasteiger charge is -2.15. The molecule has 2 aromatic rings. The number of nitrogens with one attached hydrogen (secondary N) is 1. The molecule has 6 nitrogen and oxygen atoms in total. The molecule has 140 valence electrons. The number of alkyl halides is 3. The van der Waals surface area contributed by atoms with Gasteiger partial charge >= 0.3 is 6.36 Å². The Kier molecular flexibility index (Phi) is 4.72. The van der Waals surface area contributed by atoms with Crippen LogP contribution in [0, 0.1) is 0 Å². The zero-order chi connectivity index (χ0) is 18.9. The summed E-state index contributed by atoms with van der Waals surface area (Å²) in [5, 5.41) is 0. The minimum Gasteiger partial charge on any atom is -0.454 e. The molecule has 1 aliphatic rings. The zero-order valence-corrected chi connectivity index (χ0v) is 14.2. The van der Waals surface area contributed by atoms with Crippen molar-refractivity contribution in [1.29, 1.82) is 0 Å². The van der Waals surface area contributed by atoms with Gasteiger partial charge in [-0.2, -0.15) is 0 Å². The minimum absolute atomic E-state index is 0.102. The molecule has 0 radical (unpaired) electrons. The quantitative estimate of drug-likeness (QED) is 0.849. The summed E-state index contributed by atoms with van der Waals surface area (Å²) in [6, 6.07) is 8.38. The Morgan fingerprint density at radius 1 is 1.08 bits per heavy atom. The monoisotopic (exact) mass is 389 g/mol. The fraction of sp³-hybridized carbons (Fsp3) is 0.250. The predicted octanol–water partition coefficient (Wildman–Crippen LogP) is 3.35. The number of benzene rings is 2. The first-order valence-electron chi connectivity index (χ1n) is 7.42. The number of hydrogen-bond acceptors (Lipinski definition) is 5. The van der Waals surface area contributed by atoms with E-state index in [-0.39, 0.29) is 11.7 Å². The Hall–Kier alpha value is -2.46. The van der Waals surface area contributed by atoms with E-state index in [1.165, 1.54) is 0 Å². The van der Waals surface area contributed by atoms with Crippen molar-refractivity contribution in [2.75, 3.05) is 6.79 Å². The third-order valence-electron chi connectivity index (χ3n) is 3.60. The maximum Gasteiger partial charge on any atom is 0.573 e. The van der Waals surface area contributed by atoms with Crippen LogP contribution in [0.15, 0.2) is 47.4 Å². The van der Waals surface area contributed by atoms with Crippen LogP contribution in [0.4, 0.5) is 13.2 Å². The van der Waals surface area contributed by atoms with Crippen LogP contribution in [-0.2, 0) is 10.0 Å². The molecule has 1 N–H and O–H groups in total. The van der Waals surface area contributed by atoms with E-state index in [4.69, 9.17) is 9.47 Å². The van der Waals surface area contributed by atoms with Gasteiger partial charge in [0.15, 0.2) is 11.5 Å². The van der Waals surface area contributed by atoms with E-state index in [0.717, 1.165) is 24.3 Å². The lowest BCUT2D eigenvalue weighted by atomic mass is 10.1. The first kappa shape index (κ1) is 18.3. The van der Waals surface area contributed by atoms with Crippen LogP contribution in [0.5, 0.6) is 17.2 Å². The average Bonchev–Trinajstić information content (AvgIpc) is 3.01. The summed E-state index contributed by atoms with van der Waals surface area (Å²) in [5.74, 6) is 0.589. The first-order valence-corrected chi connectivity index (χ1v) is 8.90. The van der Waals surface area contributed by atoms with E-state index in [9.17, 15) is 21.6 Å². The van der Waals surface area contributed by atoms with E-state index in [1.807, 2.05) is 0 Å². The van der Waals surface area contributed by atoms with Crippen LogP contribution in [0.3, 0.4) is 0 Å². The topological polar surface area (TPSA) is 73.9 Å². The van der Waals surface area contributed by atoms with Crippen LogP contribution >= 0.6 is 0 Å². The predicted molar refractivity (Wildman–Crippen MR) is 84.4 cm³/mol. The summed E-state index contributed by atoms with van der Waals surface area (Å²) in [6.07, 6.45) is -4.84. The summed E-state index contributed by atoms with van der Waals surface area (Å²) in [6.45, 7) is 1.74. The summed E-state index contributed by atoms with van der Waals surface area (Å²) >= 11 is 0. The first-order chi connectivity index (χ1) is 12.1. The Bertz CT molecular complexity index is 897. The standard InChI is InChI=1S/C16H14F3NO5S/c1-10(11-2-7-14-15(8-11)24-9-23-14)20-26(21,22)13-5-3-12(4-6-13)25-16(17,18)19/h2-8,10,20H,9H2,1H3/t10-/m0/s1. The van der Waals surface area contributed by atoms with Gasteiger partial charge in [-0.3, -0.25) is 0 Å². The third kappa shape index (κ3) is 4.20. The third-order valence-corrected chi connectivity index (χ3v) is 5.15. The number of fused-ring (bicyclic) bond motifs is 1. The Morgan fingerprint density at radius 2 is 1.73 bits per heavy atom. The second-order valence-corrected chi connectivity index (χ2v) is 7.19. The van der Waals surface area contributed by atoms with Gasteiger partial charge in [-0.15, -0.1) is 13.2 Å². The van der Waals surface area contributed by atoms with Crippen molar-refractivity contribution in [3.8, 4) is 17.2 Å². The lowest BCUT2D eigenvalue weighted by molar-refractivity contribution is -0.274. The van der Waals surface area contributed by atoms with Gasteiger partial charge < -0.3 is 14.2 Å². The van der Waals surface area contributed by atoms with Crippen LogP contribution < -0.4 is 18.9 Å². The molecule has 1 atom stereocenters. The molecule has 0 bridgehead atoms. The van der Waals surface area contributed by atoms with Gasteiger partial charge in [0.25, 0.3) is 0 Å². The largest absolute Gasteiger partial charge is 0.573 e. The van der Waals surface area contributed by atoms with Crippen molar-refractivity contribution in [2.45, 2.75) is 24.2 Å². The van der Waals surface area contributed by atoms with E-state index in [0.29, 0.717) is 17.1 Å². The number of ether oxygens (including phenoxy) is 3. The molecule has 1 aliphatic heterocycles. The van der Waals surface area contributed by atoms with Crippen molar-refractivity contribution in [3.05, 3.63) is 48.0 Å². The molecule has 1 heterocycles. The molecule has 0 aliphatic carbocycles. The molecule has 0 saturated heterocycles. The highest BCUT2D eigenvalue weighted by molar-refractivity contribution is 7.89. The Morgan fingerprint density at radius 3 is 2.38 bits per heavy atom. The molecule has 3 rings (SSSR count). The highest BCUT2D eigenvalue weighted by Crippen LogP contribution is 2.34. The highest BCUT2D eigenvalue weighted by Gasteiger charge is 2.31. The maximum atomic E-state index is 12.4.